The third kappa shape index (κ3) is 7.07. The fourth-order valence-corrected chi connectivity index (χ4v) is 5.93. The summed E-state index contributed by atoms with van der Waals surface area (Å²) >= 11 is 0. The molecule has 8 heteroatoms. The fourth-order valence-electron chi connectivity index (χ4n) is 4.54. The first-order valence-electron chi connectivity index (χ1n) is 12.0. The van der Waals surface area contributed by atoms with Crippen molar-refractivity contribution in [2.24, 2.45) is 17.8 Å². The van der Waals surface area contributed by atoms with E-state index in [0.29, 0.717) is 29.0 Å². The number of sulfonamides is 1. The number of aryl methyl sites for hydroxylation is 2. The second-order valence-corrected chi connectivity index (χ2v) is 11.5. The van der Waals surface area contributed by atoms with Gasteiger partial charge in [-0.2, -0.15) is 0 Å². The summed E-state index contributed by atoms with van der Waals surface area (Å²) in [6.45, 7) is 9.52. The van der Waals surface area contributed by atoms with Gasteiger partial charge in [-0.3, -0.25) is 4.72 Å². The van der Waals surface area contributed by atoms with E-state index >= 15 is 0 Å². The predicted octanol–water partition coefficient (Wildman–Crippen LogP) is 5.27. The van der Waals surface area contributed by atoms with Crippen LogP contribution < -0.4 is 4.72 Å². The van der Waals surface area contributed by atoms with Crippen LogP contribution in [0.3, 0.4) is 0 Å². The molecule has 2 aromatic rings. The number of hydrogen-bond acceptors (Lipinski definition) is 6. The Morgan fingerprint density at radius 2 is 1.74 bits per heavy atom. The first-order chi connectivity index (χ1) is 16.5. The number of nitrogens with one attached hydrogen (secondary N) is 1. The molecule has 7 nitrogen and oxygen atoms in total. The SMILES string of the molecule is Cc1ccc(C)c(S(=O)(=O)Nc2ccc(C(=O)OCC(=O)O[C@H]3C[C@H](C)CC[C@@H]3C(C)C)cc2)c1. The molecule has 3 atom stereocenters. The minimum absolute atomic E-state index is 0.158. The van der Waals surface area contributed by atoms with Crippen molar-refractivity contribution in [3.8, 4) is 0 Å². The molecule has 1 aliphatic rings. The van der Waals surface area contributed by atoms with Crippen LogP contribution >= 0.6 is 0 Å². The average molecular weight is 502 g/mol. The van der Waals surface area contributed by atoms with Crippen LogP contribution in [0.5, 0.6) is 0 Å². The lowest BCUT2D eigenvalue weighted by molar-refractivity contribution is -0.159. The van der Waals surface area contributed by atoms with Gasteiger partial charge in [0.1, 0.15) is 6.10 Å². The van der Waals surface area contributed by atoms with Crippen molar-refractivity contribution in [2.75, 3.05) is 11.3 Å². The Morgan fingerprint density at radius 3 is 2.40 bits per heavy atom. The van der Waals surface area contributed by atoms with Crippen molar-refractivity contribution in [2.45, 2.75) is 64.9 Å². The van der Waals surface area contributed by atoms with Gasteiger partial charge in [0.25, 0.3) is 10.0 Å². The van der Waals surface area contributed by atoms with E-state index in [1.165, 1.54) is 24.3 Å². The summed E-state index contributed by atoms with van der Waals surface area (Å²) < 4.78 is 38.9. The zero-order valence-corrected chi connectivity index (χ0v) is 21.9. The van der Waals surface area contributed by atoms with Crippen LogP contribution in [0.4, 0.5) is 5.69 Å². The smallest absolute Gasteiger partial charge is 0.344 e. The number of hydrogen-bond donors (Lipinski definition) is 1. The van der Waals surface area contributed by atoms with Crippen LogP contribution in [0.25, 0.3) is 0 Å². The Balaban J connectivity index is 1.56. The van der Waals surface area contributed by atoms with Crippen LogP contribution in [0.15, 0.2) is 47.4 Å². The van der Waals surface area contributed by atoms with E-state index in [1.54, 1.807) is 19.1 Å². The van der Waals surface area contributed by atoms with Crippen LogP contribution in [0.1, 0.15) is 61.5 Å². The summed E-state index contributed by atoms with van der Waals surface area (Å²) in [5.41, 5.74) is 2.00. The van der Waals surface area contributed by atoms with E-state index in [2.05, 4.69) is 25.5 Å². The summed E-state index contributed by atoms with van der Waals surface area (Å²) in [6, 6.07) is 11.1. The van der Waals surface area contributed by atoms with Crippen molar-refractivity contribution >= 4 is 27.6 Å². The van der Waals surface area contributed by atoms with Gasteiger partial charge in [-0.05, 0) is 85.9 Å². The normalized spacial score (nSPS) is 20.3. The molecule has 0 aliphatic heterocycles. The molecule has 0 spiro atoms. The lowest BCUT2D eigenvalue weighted by Gasteiger charge is -2.36. The number of benzene rings is 2. The second kappa shape index (κ2) is 11.2. The number of carbonyl (C=O) groups is 2. The maximum absolute atomic E-state index is 12.8. The molecule has 0 amide bonds. The topological polar surface area (TPSA) is 98.8 Å². The first-order valence-corrected chi connectivity index (χ1v) is 13.5. The Labute approximate surface area is 208 Å². The quantitative estimate of drug-likeness (QED) is 0.495. The molecule has 3 rings (SSSR count). The first kappa shape index (κ1) is 26.7. The number of ether oxygens (including phenoxy) is 2. The molecule has 1 fully saturated rings. The van der Waals surface area contributed by atoms with Gasteiger partial charge in [-0.15, -0.1) is 0 Å². The van der Waals surface area contributed by atoms with E-state index in [4.69, 9.17) is 9.47 Å². The van der Waals surface area contributed by atoms with Crippen LogP contribution in [0.2, 0.25) is 0 Å². The monoisotopic (exact) mass is 501 g/mol. The summed E-state index contributed by atoms with van der Waals surface area (Å²) in [5.74, 6) is -0.0141. The van der Waals surface area contributed by atoms with Gasteiger partial charge in [0, 0.05) is 5.69 Å². The Hall–Kier alpha value is -2.87. The lowest BCUT2D eigenvalue weighted by Crippen LogP contribution is -2.36. The summed E-state index contributed by atoms with van der Waals surface area (Å²) in [6.07, 6.45) is 2.81. The average Bonchev–Trinajstić information content (AvgIpc) is 2.79. The molecular weight excluding hydrogens is 466 g/mol. The largest absolute Gasteiger partial charge is 0.460 e. The highest BCUT2D eigenvalue weighted by Gasteiger charge is 2.33. The van der Waals surface area contributed by atoms with Crippen molar-refractivity contribution in [1.82, 2.24) is 0 Å². The van der Waals surface area contributed by atoms with E-state index in [0.717, 1.165) is 24.8 Å². The molecular formula is C27H35NO6S. The van der Waals surface area contributed by atoms with Gasteiger partial charge in [-0.1, -0.05) is 39.3 Å². The molecule has 0 aromatic heterocycles. The maximum atomic E-state index is 12.8. The minimum atomic E-state index is -3.78. The number of esters is 2. The van der Waals surface area contributed by atoms with E-state index in [1.807, 2.05) is 13.0 Å². The third-order valence-electron chi connectivity index (χ3n) is 6.57. The predicted molar refractivity (Wildman–Crippen MR) is 135 cm³/mol. The van der Waals surface area contributed by atoms with Crippen LogP contribution in [-0.2, 0) is 24.3 Å². The minimum Gasteiger partial charge on any atom is -0.460 e. The van der Waals surface area contributed by atoms with Crippen LogP contribution in [-0.4, -0.2) is 33.1 Å². The van der Waals surface area contributed by atoms with Gasteiger partial charge in [0.2, 0.25) is 0 Å². The van der Waals surface area contributed by atoms with Gasteiger partial charge >= 0.3 is 11.9 Å². The second-order valence-electron chi connectivity index (χ2n) is 9.88. The molecule has 1 N–H and O–H groups in total. The standard InChI is InChI=1S/C27H35NO6S/c1-17(2)23-13-7-18(3)14-24(23)34-26(29)16-33-27(30)21-9-11-22(12-10-21)28-35(31,32)25-15-19(4)6-8-20(25)5/h6,8-12,15,17-18,23-24,28H,7,13-14,16H2,1-5H3/t18-,23-,24+/m1/s1. The third-order valence-corrected chi connectivity index (χ3v) is 8.09. The van der Waals surface area contributed by atoms with Crippen molar-refractivity contribution in [3.05, 3.63) is 59.2 Å². The van der Waals surface area contributed by atoms with Gasteiger partial charge in [0.05, 0.1) is 10.5 Å². The zero-order valence-electron chi connectivity index (χ0n) is 21.0. The molecule has 1 aliphatic carbocycles. The molecule has 0 unspecified atom stereocenters. The fraction of sp³-hybridized carbons (Fsp3) is 0.481. The molecule has 0 radical (unpaired) electrons. The highest BCUT2D eigenvalue weighted by atomic mass is 32.2. The molecule has 35 heavy (non-hydrogen) atoms. The Morgan fingerprint density at radius 1 is 1.06 bits per heavy atom. The summed E-state index contributed by atoms with van der Waals surface area (Å²) in [5, 5.41) is 0. The number of carbonyl (C=O) groups excluding carboxylic acids is 2. The Bertz CT molecular complexity index is 1160. The van der Waals surface area contributed by atoms with Crippen molar-refractivity contribution in [1.29, 1.82) is 0 Å². The van der Waals surface area contributed by atoms with E-state index in [9.17, 15) is 18.0 Å². The van der Waals surface area contributed by atoms with Crippen molar-refractivity contribution in [3.63, 3.8) is 0 Å². The molecule has 0 heterocycles. The Kier molecular flexibility index (Phi) is 8.59. The van der Waals surface area contributed by atoms with E-state index < -0.39 is 28.6 Å². The van der Waals surface area contributed by atoms with Gasteiger partial charge in [0.15, 0.2) is 6.61 Å². The molecule has 0 saturated heterocycles. The highest BCUT2D eigenvalue weighted by molar-refractivity contribution is 7.92. The summed E-state index contributed by atoms with van der Waals surface area (Å²) in [4.78, 5) is 24.9. The zero-order chi connectivity index (χ0) is 25.8. The van der Waals surface area contributed by atoms with Crippen molar-refractivity contribution < 1.29 is 27.5 Å². The molecule has 0 bridgehead atoms. The van der Waals surface area contributed by atoms with Gasteiger partial charge in [-0.25, -0.2) is 18.0 Å². The van der Waals surface area contributed by atoms with Crippen LogP contribution in [0, 0.1) is 31.6 Å². The van der Waals surface area contributed by atoms with Gasteiger partial charge < -0.3 is 9.47 Å². The molecule has 190 valence electrons. The molecule has 1 saturated carbocycles. The molecule has 2 aromatic carbocycles. The summed E-state index contributed by atoms with van der Waals surface area (Å²) in [7, 11) is -3.78. The number of anilines is 1. The highest BCUT2D eigenvalue weighted by Crippen LogP contribution is 2.35. The number of rotatable bonds is 8. The van der Waals surface area contributed by atoms with E-state index in [-0.39, 0.29) is 16.6 Å². The lowest BCUT2D eigenvalue weighted by atomic mass is 9.75. The maximum Gasteiger partial charge on any atom is 0.344 e.